The largest absolute Gasteiger partial charge is 0.394 e. The van der Waals surface area contributed by atoms with E-state index in [0.717, 1.165) is 6.92 Å². The summed E-state index contributed by atoms with van der Waals surface area (Å²) in [5.74, 6) is -0.745. The summed E-state index contributed by atoms with van der Waals surface area (Å²) < 4.78 is 57.3. The molecule has 1 amide bonds. The third-order valence-corrected chi connectivity index (χ3v) is 10.9. The fourth-order valence-corrected chi connectivity index (χ4v) is 7.65. The van der Waals surface area contributed by atoms with Crippen molar-refractivity contribution in [2.45, 2.75) is 160 Å². The zero-order chi connectivity index (χ0) is 42.3. The van der Waals surface area contributed by atoms with Crippen molar-refractivity contribution >= 4 is 5.91 Å². The topological polar surface area (TPSA) is 405 Å². The van der Waals surface area contributed by atoms with Gasteiger partial charge in [0.25, 0.3) is 0 Å². The number of carbonyl (C=O) groups excluding carboxylic acids is 1. The van der Waals surface area contributed by atoms with Crippen LogP contribution in [0.5, 0.6) is 0 Å². The van der Waals surface area contributed by atoms with Crippen LogP contribution in [0.3, 0.4) is 0 Å². The van der Waals surface area contributed by atoms with Crippen LogP contribution in [0.2, 0.25) is 0 Å². The van der Waals surface area contributed by atoms with E-state index >= 15 is 0 Å². The van der Waals surface area contributed by atoms with Crippen molar-refractivity contribution in [3.05, 3.63) is 0 Å². The molecule has 0 saturated carbocycles. The van der Waals surface area contributed by atoms with E-state index in [2.05, 4.69) is 5.32 Å². The lowest BCUT2D eigenvalue weighted by atomic mass is 9.94. The summed E-state index contributed by atoms with van der Waals surface area (Å²) >= 11 is 0. The van der Waals surface area contributed by atoms with E-state index in [-0.39, 0.29) is 0 Å². The SMILES string of the molecule is CC(=O)N[C@H]1[C@@H]2O[C@@H]3[C@@H](O)[C@H](OC[C@@H](O)[C@@H]4O[C@@H](O[C@H]1[C@@H](O)[C@@H](CO)O2)[C@H](O)[C@H]4O)O[C@H](CO)[C@@H]3O[C@H]1O[C@H](CO[C@@H]2O[C@H](CO)[C@@H](O)[C@H](O)[C@H]2O)[C@@H](O)[C@H](O)[C@H]1O. The Hall–Kier alpha value is -1.49. The Kier molecular flexibility index (Phi) is 15.3. The van der Waals surface area contributed by atoms with Crippen LogP contribution >= 0.6 is 0 Å². The number of rotatable bonds is 9. The van der Waals surface area contributed by atoms with Gasteiger partial charge in [-0.15, -0.1) is 0 Å². The van der Waals surface area contributed by atoms with Crippen LogP contribution in [0.4, 0.5) is 0 Å². The Bertz CT molecular complexity index is 1340. The van der Waals surface area contributed by atoms with Gasteiger partial charge in [-0.05, 0) is 0 Å². The Morgan fingerprint density at radius 2 is 1.09 bits per heavy atom. The summed E-state index contributed by atoms with van der Waals surface area (Å²) in [6.45, 7) is -3.01. The molecule has 26 nitrogen and oxygen atoms in total. The third kappa shape index (κ3) is 9.16. The highest BCUT2D eigenvalue weighted by Gasteiger charge is 2.58. The Morgan fingerprint density at radius 3 is 1.72 bits per heavy atom. The molecule has 6 bridgehead atoms. The highest BCUT2D eigenvalue weighted by molar-refractivity contribution is 5.73. The van der Waals surface area contributed by atoms with Gasteiger partial charge < -0.3 is 124 Å². The van der Waals surface area contributed by atoms with Crippen LogP contribution in [-0.2, 0) is 52.2 Å². The van der Waals surface area contributed by atoms with Gasteiger partial charge in [0.15, 0.2) is 31.5 Å². The highest BCUT2D eigenvalue weighted by atomic mass is 16.8. The van der Waals surface area contributed by atoms with Crippen LogP contribution < -0.4 is 5.32 Å². The Morgan fingerprint density at radius 1 is 0.534 bits per heavy atom. The van der Waals surface area contributed by atoms with E-state index in [9.17, 15) is 76.3 Å². The van der Waals surface area contributed by atoms with Crippen molar-refractivity contribution < 1.29 is 124 Å². The van der Waals surface area contributed by atoms with Gasteiger partial charge in [-0.25, -0.2) is 0 Å². The lowest BCUT2D eigenvalue weighted by Gasteiger charge is -2.50. The molecule has 6 heterocycles. The number of fused-ring (bicyclic) bond motifs is 6. The molecule has 6 rings (SSSR count). The maximum absolute atomic E-state index is 12.5. The maximum Gasteiger partial charge on any atom is 0.217 e. The highest BCUT2D eigenvalue weighted by Crippen LogP contribution is 2.37. The van der Waals surface area contributed by atoms with E-state index < -0.39 is 192 Å². The molecular formula is C32H53NO25. The van der Waals surface area contributed by atoms with Crippen LogP contribution in [-0.4, -0.2) is 264 Å². The first-order valence-electron chi connectivity index (χ1n) is 18.6. The minimum atomic E-state index is -2.07. The quantitative estimate of drug-likeness (QED) is 0.102. The first-order valence-corrected chi connectivity index (χ1v) is 18.6. The summed E-state index contributed by atoms with van der Waals surface area (Å²) in [5.41, 5.74) is 0. The van der Waals surface area contributed by atoms with Crippen LogP contribution in [0, 0.1) is 0 Å². The molecule has 58 heavy (non-hydrogen) atoms. The van der Waals surface area contributed by atoms with Gasteiger partial charge in [0.05, 0.1) is 33.0 Å². The normalized spacial score (nSPS) is 52.8. The molecule has 336 valence electrons. The first-order chi connectivity index (χ1) is 27.5. The van der Waals surface area contributed by atoms with E-state index in [1.807, 2.05) is 0 Å². The zero-order valence-electron chi connectivity index (χ0n) is 30.7. The van der Waals surface area contributed by atoms with Gasteiger partial charge in [-0.1, -0.05) is 0 Å². The van der Waals surface area contributed by atoms with Crippen LogP contribution in [0.25, 0.3) is 0 Å². The molecule has 0 radical (unpaired) electrons. The summed E-state index contributed by atoms with van der Waals surface area (Å²) in [4.78, 5) is 12.5. The van der Waals surface area contributed by atoms with Crippen molar-refractivity contribution in [1.29, 1.82) is 0 Å². The second kappa shape index (κ2) is 19.3. The third-order valence-electron chi connectivity index (χ3n) is 10.9. The van der Waals surface area contributed by atoms with E-state index in [1.165, 1.54) is 0 Å². The molecule has 0 aromatic carbocycles. The molecule has 0 aliphatic carbocycles. The number of nitrogens with one attached hydrogen (secondary N) is 1. The molecule has 26 heteroatoms. The molecule has 0 aromatic rings. The average molecular weight is 852 g/mol. The van der Waals surface area contributed by atoms with Crippen LogP contribution in [0.15, 0.2) is 0 Å². The molecule has 25 atom stereocenters. The van der Waals surface area contributed by atoms with Crippen molar-refractivity contribution in [3.63, 3.8) is 0 Å². The zero-order valence-corrected chi connectivity index (χ0v) is 30.7. The molecular weight excluding hydrogens is 798 g/mol. The van der Waals surface area contributed by atoms with E-state index in [4.69, 9.17) is 47.4 Å². The van der Waals surface area contributed by atoms with Crippen molar-refractivity contribution in [2.75, 3.05) is 33.0 Å². The average Bonchev–Trinajstić information content (AvgIpc) is 3.48. The molecule has 0 aromatic heterocycles. The number of amides is 1. The molecule has 6 aliphatic rings. The summed E-state index contributed by atoms with van der Waals surface area (Å²) in [6, 6.07) is -1.57. The molecule has 6 aliphatic heterocycles. The number of carbonyl (C=O) groups is 1. The second-order valence-electron chi connectivity index (χ2n) is 14.9. The van der Waals surface area contributed by atoms with Gasteiger partial charge in [-0.2, -0.15) is 0 Å². The smallest absolute Gasteiger partial charge is 0.217 e. The monoisotopic (exact) mass is 851 g/mol. The van der Waals surface area contributed by atoms with Gasteiger partial charge >= 0.3 is 0 Å². The molecule has 15 N–H and O–H groups in total. The Balaban J connectivity index is 1.29. The summed E-state index contributed by atoms with van der Waals surface area (Å²) in [7, 11) is 0. The lowest BCUT2D eigenvalue weighted by Crippen LogP contribution is -2.69. The number of ether oxygens (including phenoxy) is 10. The van der Waals surface area contributed by atoms with E-state index in [1.54, 1.807) is 0 Å². The number of hydrogen-bond donors (Lipinski definition) is 15. The minimum Gasteiger partial charge on any atom is -0.394 e. The lowest BCUT2D eigenvalue weighted by molar-refractivity contribution is -0.388. The standard InChI is InChI=1S/C32H53NO25/c1-7(37)33-13-26-16(41)10(3-35)51-28(13)58-27-23(48)30(49-5-8(38)24-19(44)22(47)32(55-24)57-26)53-11(4-36)25(27)56-31-21(46)18(43)15(40)12(54-31)6-50-29-20(45)17(42)14(39)9(2-34)52-29/h8-32,34-36,38-48H,2-6H2,1H3,(H,33,37)/t8-,9-,10-,11-,12-,13-,14-,15-,16+,17+,18+,19-,20-,21-,22-,23-,24+,25+,26-,27-,28+,29-,30-,31-,32+/m1/s1. The van der Waals surface area contributed by atoms with Gasteiger partial charge in [-0.3, -0.25) is 4.79 Å². The molecule has 6 fully saturated rings. The fourth-order valence-electron chi connectivity index (χ4n) is 7.65. The summed E-state index contributed by atoms with van der Waals surface area (Å²) in [5, 5.41) is 151. The van der Waals surface area contributed by atoms with Crippen molar-refractivity contribution in [2.24, 2.45) is 0 Å². The summed E-state index contributed by atoms with van der Waals surface area (Å²) in [6.07, 6.45) is -42.5. The van der Waals surface area contributed by atoms with Crippen LogP contribution in [0.1, 0.15) is 6.92 Å². The van der Waals surface area contributed by atoms with Crippen molar-refractivity contribution in [1.82, 2.24) is 5.32 Å². The molecule has 0 spiro atoms. The Labute approximate surface area is 328 Å². The minimum absolute atomic E-state index is 0.739. The number of hydrogen-bond acceptors (Lipinski definition) is 25. The second-order valence-corrected chi connectivity index (χ2v) is 14.9. The predicted molar refractivity (Wildman–Crippen MR) is 175 cm³/mol. The van der Waals surface area contributed by atoms with Gasteiger partial charge in [0.2, 0.25) is 5.91 Å². The first kappa shape index (κ1) is 46.0. The molecule has 6 saturated heterocycles. The number of aliphatic hydroxyl groups excluding tert-OH is 14. The van der Waals surface area contributed by atoms with Gasteiger partial charge in [0, 0.05) is 6.92 Å². The van der Waals surface area contributed by atoms with Gasteiger partial charge in [0.1, 0.15) is 122 Å². The van der Waals surface area contributed by atoms with E-state index in [0.29, 0.717) is 0 Å². The van der Waals surface area contributed by atoms with Crippen molar-refractivity contribution in [3.8, 4) is 0 Å². The molecule has 0 unspecified atom stereocenters. The predicted octanol–water partition coefficient (Wildman–Crippen LogP) is -10.7. The maximum atomic E-state index is 12.5. The number of aliphatic hydroxyl groups is 14. The fraction of sp³-hybridized carbons (Fsp3) is 0.969.